The van der Waals surface area contributed by atoms with Gasteiger partial charge in [0.05, 0.1) is 5.54 Å². The van der Waals surface area contributed by atoms with Crippen molar-refractivity contribution in [3.8, 4) is 0 Å². The quantitative estimate of drug-likeness (QED) is 0.899. The van der Waals surface area contributed by atoms with E-state index >= 15 is 0 Å². The second-order valence-electron chi connectivity index (χ2n) is 4.43. The molecule has 0 aliphatic heterocycles. The predicted octanol–water partition coefficient (Wildman–Crippen LogP) is 3.72. The van der Waals surface area contributed by atoms with Crippen molar-refractivity contribution in [1.29, 1.82) is 0 Å². The Morgan fingerprint density at radius 1 is 1.00 bits per heavy atom. The summed E-state index contributed by atoms with van der Waals surface area (Å²) in [7, 11) is 0. The highest BCUT2D eigenvalue weighted by Gasteiger charge is 2.33. The molecule has 2 aromatic carbocycles. The van der Waals surface area contributed by atoms with Crippen LogP contribution in [0.2, 0.25) is 0 Å². The number of halogens is 3. The average Bonchev–Trinajstić information content (AvgIpc) is 2.38. The molecule has 2 rings (SSSR count). The van der Waals surface area contributed by atoms with Gasteiger partial charge in [0.15, 0.2) is 0 Å². The van der Waals surface area contributed by atoms with Crippen molar-refractivity contribution in [3.05, 3.63) is 71.0 Å². The fraction of sp³-hybridized carbons (Fsp3) is 0.200. The molecule has 0 aliphatic carbocycles. The summed E-state index contributed by atoms with van der Waals surface area (Å²) in [6.07, 6.45) is 0.244. The lowest BCUT2D eigenvalue weighted by atomic mass is 9.81. The Labute approximate surface area is 109 Å². The molecule has 0 radical (unpaired) electrons. The Hall–Kier alpha value is -1.81. The first-order valence-corrected chi connectivity index (χ1v) is 5.98. The van der Waals surface area contributed by atoms with Gasteiger partial charge in [-0.1, -0.05) is 25.1 Å². The van der Waals surface area contributed by atoms with E-state index < -0.39 is 23.0 Å². The van der Waals surface area contributed by atoms with E-state index in [4.69, 9.17) is 5.73 Å². The molecule has 0 aliphatic rings. The predicted molar refractivity (Wildman–Crippen MR) is 68.0 cm³/mol. The van der Waals surface area contributed by atoms with Crippen molar-refractivity contribution in [2.45, 2.75) is 18.9 Å². The van der Waals surface area contributed by atoms with Crippen LogP contribution >= 0.6 is 0 Å². The van der Waals surface area contributed by atoms with E-state index in [1.807, 2.05) is 0 Å². The van der Waals surface area contributed by atoms with Crippen LogP contribution in [0, 0.1) is 17.5 Å². The second-order valence-corrected chi connectivity index (χ2v) is 4.43. The molecule has 0 bridgehead atoms. The normalized spacial score (nSPS) is 14.2. The smallest absolute Gasteiger partial charge is 0.131 e. The lowest BCUT2D eigenvalue weighted by Gasteiger charge is -2.30. The van der Waals surface area contributed by atoms with Crippen LogP contribution in [-0.2, 0) is 5.54 Å². The van der Waals surface area contributed by atoms with Gasteiger partial charge in [-0.2, -0.15) is 0 Å². The molecule has 1 unspecified atom stereocenters. The van der Waals surface area contributed by atoms with Crippen molar-refractivity contribution in [3.63, 3.8) is 0 Å². The lowest BCUT2D eigenvalue weighted by molar-refractivity contribution is 0.441. The van der Waals surface area contributed by atoms with Gasteiger partial charge in [-0.15, -0.1) is 0 Å². The third-order valence-corrected chi connectivity index (χ3v) is 3.31. The molecule has 0 amide bonds. The molecule has 1 nitrogen and oxygen atoms in total. The molecular formula is C15H14F3N. The largest absolute Gasteiger partial charge is 0.318 e. The maximum Gasteiger partial charge on any atom is 0.131 e. The number of rotatable bonds is 3. The van der Waals surface area contributed by atoms with Crippen LogP contribution in [0.5, 0.6) is 0 Å². The number of hydrogen-bond donors (Lipinski definition) is 1. The van der Waals surface area contributed by atoms with Crippen LogP contribution in [-0.4, -0.2) is 0 Å². The van der Waals surface area contributed by atoms with E-state index in [1.165, 1.54) is 24.3 Å². The molecule has 0 aromatic heterocycles. The fourth-order valence-corrected chi connectivity index (χ4v) is 2.22. The molecule has 0 heterocycles. The minimum Gasteiger partial charge on any atom is -0.318 e. The van der Waals surface area contributed by atoms with Crippen LogP contribution in [0.15, 0.2) is 42.5 Å². The molecule has 0 saturated heterocycles. The molecule has 1 atom stereocenters. The highest BCUT2D eigenvalue weighted by Crippen LogP contribution is 2.34. The van der Waals surface area contributed by atoms with Crippen molar-refractivity contribution in [2.75, 3.05) is 0 Å². The fourth-order valence-electron chi connectivity index (χ4n) is 2.22. The molecular weight excluding hydrogens is 251 g/mol. The van der Waals surface area contributed by atoms with Crippen LogP contribution < -0.4 is 5.73 Å². The maximum atomic E-state index is 13.9. The van der Waals surface area contributed by atoms with Gasteiger partial charge in [-0.25, -0.2) is 13.2 Å². The zero-order chi connectivity index (χ0) is 14.0. The monoisotopic (exact) mass is 265 g/mol. The van der Waals surface area contributed by atoms with Gasteiger partial charge in [0, 0.05) is 5.56 Å². The van der Waals surface area contributed by atoms with Gasteiger partial charge in [0.1, 0.15) is 17.5 Å². The molecule has 4 heteroatoms. The number of benzene rings is 2. The Morgan fingerprint density at radius 2 is 1.58 bits per heavy atom. The number of hydrogen-bond acceptors (Lipinski definition) is 1. The minimum atomic E-state index is -1.39. The zero-order valence-corrected chi connectivity index (χ0v) is 10.5. The molecule has 0 spiro atoms. The van der Waals surface area contributed by atoms with E-state index in [0.717, 1.165) is 12.1 Å². The van der Waals surface area contributed by atoms with Gasteiger partial charge in [-0.05, 0) is 36.2 Å². The van der Waals surface area contributed by atoms with E-state index in [2.05, 4.69) is 0 Å². The topological polar surface area (TPSA) is 26.0 Å². The van der Waals surface area contributed by atoms with Crippen molar-refractivity contribution >= 4 is 0 Å². The first-order valence-electron chi connectivity index (χ1n) is 5.98. The third-order valence-electron chi connectivity index (χ3n) is 3.31. The molecule has 0 fully saturated rings. The average molecular weight is 265 g/mol. The molecule has 0 saturated carbocycles. The summed E-state index contributed by atoms with van der Waals surface area (Å²) in [6, 6.07) is 9.07. The second kappa shape index (κ2) is 5.05. The zero-order valence-electron chi connectivity index (χ0n) is 10.5. The Balaban J connectivity index is 2.67. The highest BCUT2D eigenvalue weighted by molar-refractivity contribution is 5.39. The Morgan fingerprint density at radius 3 is 2.11 bits per heavy atom. The Bertz CT molecular complexity index is 577. The van der Waals surface area contributed by atoms with Crippen molar-refractivity contribution in [2.24, 2.45) is 5.73 Å². The first kappa shape index (κ1) is 13.6. The first-order chi connectivity index (χ1) is 8.99. The van der Waals surface area contributed by atoms with Crippen LogP contribution in [0.4, 0.5) is 13.2 Å². The van der Waals surface area contributed by atoms with Gasteiger partial charge in [-0.3, -0.25) is 0 Å². The summed E-state index contributed by atoms with van der Waals surface area (Å²) in [4.78, 5) is 0. The molecule has 19 heavy (non-hydrogen) atoms. The molecule has 100 valence electrons. The van der Waals surface area contributed by atoms with Crippen LogP contribution in [0.3, 0.4) is 0 Å². The van der Waals surface area contributed by atoms with E-state index in [1.54, 1.807) is 13.0 Å². The minimum absolute atomic E-state index is 0.233. The van der Waals surface area contributed by atoms with E-state index in [9.17, 15) is 13.2 Å². The summed E-state index contributed by atoms with van der Waals surface area (Å²) >= 11 is 0. The summed E-state index contributed by atoms with van der Waals surface area (Å²) in [5.41, 5.74) is 4.89. The summed E-state index contributed by atoms with van der Waals surface area (Å²) in [5, 5.41) is 0. The van der Waals surface area contributed by atoms with Gasteiger partial charge in [0.25, 0.3) is 0 Å². The van der Waals surface area contributed by atoms with Crippen LogP contribution in [0.1, 0.15) is 24.5 Å². The maximum absolute atomic E-state index is 13.9. The third kappa shape index (κ3) is 2.36. The van der Waals surface area contributed by atoms with E-state index in [-0.39, 0.29) is 12.0 Å². The van der Waals surface area contributed by atoms with Crippen molar-refractivity contribution < 1.29 is 13.2 Å². The van der Waals surface area contributed by atoms with Crippen molar-refractivity contribution in [1.82, 2.24) is 0 Å². The molecule has 2 N–H and O–H groups in total. The lowest BCUT2D eigenvalue weighted by Crippen LogP contribution is -2.39. The SMILES string of the molecule is CCC(N)(c1cccc(F)c1)c1c(F)cccc1F. The Kier molecular flexibility index (Phi) is 3.62. The summed E-state index contributed by atoms with van der Waals surface area (Å²) < 4.78 is 41.1. The van der Waals surface area contributed by atoms with Gasteiger partial charge >= 0.3 is 0 Å². The number of nitrogens with two attached hydrogens (primary N) is 1. The van der Waals surface area contributed by atoms with Crippen LogP contribution in [0.25, 0.3) is 0 Å². The standard InChI is InChI=1S/C15H14F3N/c1-2-15(19,10-5-3-6-11(16)9-10)14-12(17)7-4-8-13(14)18/h3-9H,2,19H2,1H3. The van der Waals surface area contributed by atoms with Gasteiger partial charge < -0.3 is 5.73 Å². The molecule has 2 aromatic rings. The van der Waals surface area contributed by atoms with E-state index in [0.29, 0.717) is 5.56 Å². The summed E-state index contributed by atoms with van der Waals surface area (Å²) in [5.74, 6) is -1.94. The van der Waals surface area contributed by atoms with Gasteiger partial charge in [0.2, 0.25) is 0 Å². The highest BCUT2D eigenvalue weighted by atomic mass is 19.1. The summed E-state index contributed by atoms with van der Waals surface area (Å²) in [6.45, 7) is 1.71.